The zero-order chi connectivity index (χ0) is 24.2. The van der Waals surface area contributed by atoms with Crippen molar-refractivity contribution in [1.29, 1.82) is 0 Å². The predicted octanol–water partition coefficient (Wildman–Crippen LogP) is 1.68. The van der Waals surface area contributed by atoms with Gasteiger partial charge in [-0.3, -0.25) is 9.59 Å². The third-order valence-electron chi connectivity index (χ3n) is 5.11. The molecular formula is C22H22FN5O5S. The first kappa shape index (κ1) is 23.5. The van der Waals surface area contributed by atoms with Crippen LogP contribution in [0.15, 0.2) is 42.2 Å². The lowest BCUT2D eigenvalue weighted by Crippen LogP contribution is -2.47. The predicted molar refractivity (Wildman–Crippen MR) is 120 cm³/mol. The monoisotopic (exact) mass is 487 g/mol. The van der Waals surface area contributed by atoms with Crippen LogP contribution in [-0.2, 0) is 37.3 Å². The number of carbonyl (C=O) groups is 3. The molecule has 2 N–H and O–H groups in total. The van der Waals surface area contributed by atoms with E-state index in [-0.39, 0.29) is 18.8 Å². The number of imidazole rings is 1. The minimum absolute atomic E-state index is 0.154. The number of nitrogens with zero attached hydrogens (tertiary/aromatic N) is 3. The Morgan fingerprint density at radius 1 is 1.26 bits per heavy atom. The maximum Gasteiger partial charge on any atom is 0.338 e. The average Bonchev–Trinajstić information content (AvgIpc) is 3.33. The maximum absolute atomic E-state index is 13.2. The van der Waals surface area contributed by atoms with E-state index in [0.717, 1.165) is 0 Å². The highest BCUT2D eigenvalue weighted by molar-refractivity contribution is 7.14. The number of aryl methyl sites for hydroxylation is 1. The first-order chi connectivity index (χ1) is 16.4. The number of epoxide rings is 1. The van der Waals surface area contributed by atoms with E-state index in [2.05, 4.69) is 20.6 Å². The Morgan fingerprint density at radius 3 is 2.71 bits per heavy atom. The van der Waals surface area contributed by atoms with Gasteiger partial charge in [0.2, 0.25) is 5.91 Å². The van der Waals surface area contributed by atoms with Crippen LogP contribution >= 0.6 is 11.3 Å². The Labute approximate surface area is 198 Å². The van der Waals surface area contributed by atoms with Crippen molar-refractivity contribution in [2.75, 3.05) is 11.9 Å². The van der Waals surface area contributed by atoms with Gasteiger partial charge < -0.3 is 24.7 Å². The standard InChI is InChI=1S/C22H22FN5O5S/c1-3-32-21(31)18-17(33-18)20(30)25-15(8-14-9-24-11-28(14)2)19(29)27-22-26-16(10-34-22)12-4-6-13(23)7-5-12/h4-7,9-11,15,17-18H,3,8H2,1-2H3,(H,25,30)(H,26,27,29)/t15-,17-,18-/m0/s1. The van der Waals surface area contributed by atoms with Gasteiger partial charge in [0.25, 0.3) is 5.91 Å². The first-order valence-corrected chi connectivity index (χ1v) is 11.3. The number of hydrogen-bond donors (Lipinski definition) is 2. The quantitative estimate of drug-likeness (QED) is 0.347. The zero-order valence-corrected chi connectivity index (χ0v) is 19.2. The van der Waals surface area contributed by atoms with Gasteiger partial charge in [0.1, 0.15) is 11.9 Å². The Balaban J connectivity index is 1.45. The largest absolute Gasteiger partial charge is 0.464 e. The Morgan fingerprint density at radius 2 is 2.03 bits per heavy atom. The minimum Gasteiger partial charge on any atom is -0.464 e. The number of aromatic nitrogens is 3. The molecule has 0 unspecified atom stereocenters. The number of ether oxygens (including phenoxy) is 2. The normalized spacial score (nSPS) is 17.6. The highest BCUT2D eigenvalue weighted by Gasteiger charge is 2.52. The molecule has 10 nitrogen and oxygen atoms in total. The second-order valence-electron chi connectivity index (χ2n) is 7.52. The second-order valence-corrected chi connectivity index (χ2v) is 8.38. The van der Waals surface area contributed by atoms with Crippen molar-refractivity contribution in [3.05, 3.63) is 53.7 Å². The molecule has 3 aromatic rings. The van der Waals surface area contributed by atoms with Gasteiger partial charge in [-0.1, -0.05) is 0 Å². The third-order valence-corrected chi connectivity index (χ3v) is 5.86. The number of benzene rings is 1. The van der Waals surface area contributed by atoms with Gasteiger partial charge in [0.05, 0.1) is 18.6 Å². The van der Waals surface area contributed by atoms with Crippen LogP contribution < -0.4 is 10.6 Å². The fourth-order valence-corrected chi connectivity index (χ4v) is 3.97. The van der Waals surface area contributed by atoms with Gasteiger partial charge in [-0.05, 0) is 31.2 Å². The van der Waals surface area contributed by atoms with Crippen molar-refractivity contribution in [2.45, 2.75) is 31.6 Å². The fourth-order valence-electron chi connectivity index (χ4n) is 3.25. The number of carbonyl (C=O) groups excluding carboxylic acids is 3. The van der Waals surface area contributed by atoms with Crippen LogP contribution in [0.1, 0.15) is 12.6 Å². The molecule has 1 aliphatic heterocycles. The van der Waals surface area contributed by atoms with E-state index >= 15 is 0 Å². The summed E-state index contributed by atoms with van der Waals surface area (Å²) in [4.78, 5) is 45.9. The Bertz CT molecular complexity index is 1190. The lowest BCUT2D eigenvalue weighted by molar-refractivity contribution is -0.144. The smallest absolute Gasteiger partial charge is 0.338 e. The summed E-state index contributed by atoms with van der Waals surface area (Å²) in [5, 5.41) is 7.41. The van der Waals surface area contributed by atoms with Gasteiger partial charge in [-0.2, -0.15) is 0 Å². The van der Waals surface area contributed by atoms with E-state index in [1.165, 1.54) is 23.5 Å². The van der Waals surface area contributed by atoms with Crippen LogP contribution in [0, 0.1) is 5.82 Å². The van der Waals surface area contributed by atoms with E-state index < -0.39 is 36.0 Å². The molecule has 1 aliphatic rings. The number of nitrogens with one attached hydrogen (secondary N) is 2. The van der Waals surface area contributed by atoms with Crippen LogP contribution in [0.2, 0.25) is 0 Å². The molecule has 2 aromatic heterocycles. The molecule has 0 spiro atoms. The lowest BCUT2D eigenvalue weighted by Gasteiger charge is -2.17. The lowest BCUT2D eigenvalue weighted by atomic mass is 10.1. The van der Waals surface area contributed by atoms with E-state index in [0.29, 0.717) is 22.1 Å². The number of amides is 2. The van der Waals surface area contributed by atoms with Crippen LogP contribution in [0.4, 0.5) is 9.52 Å². The molecule has 0 aliphatic carbocycles. The van der Waals surface area contributed by atoms with Crippen LogP contribution in [-0.4, -0.2) is 57.2 Å². The van der Waals surface area contributed by atoms with Gasteiger partial charge in [-0.25, -0.2) is 19.2 Å². The highest BCUT2D eigenvalue weighted by Crippen LogP contribution is 2.26. The summed E-state index contributed by atoms with van der Waals surface area (Å²) in [5.41, 5.74) is 2.00. The number of hydrogen-bond acceptors (Lipinski definition) is 8. The summed E-state index contributed by atoms with van der Waals surface area (Å²) in [6, 6.07) is 4.87. The zero-order valence-electron chi connectivity index (χ0n) is 18.4. The van der Waals surface area contributed by atoms with E-state index in [1.54, 1.807) is 48.6 Å². The second kappa shape index (κ2) is 10.1. The summed E-state index contributed by atoms with van der Waals surface area (Å²) < 4.78 is 24.9. The number of esters is 1. The summed E-state index contributed by atoms with van der Waals surface area (Å²) in [6.45, 7) is 1.83. The number of rotatable bonds is 9. The summed E-state index contributed by atoms with van der Waals surface area (Å²) in [6.07, 6.45) is 1.35. The molecule has 34 heavy (non-hydrogen) atoms. The Hall–Kier alpha value is -3.64. The van der Waals surface area contributed by atoms with Crippen molar-refractivity contribution in [1.82, 2.24) is 19.9 Å². The molecule has 178 valence electrons. The van der Waals surface area contributed by atoms with Gasteiger partial charge in [0, 0.05) is 36.3 Å². The van der Waals surface area contributed by atoms with Crippen LogP contribution in [0.25, 0.3) is 11.3 Å². The molecule has 1 saturated heterocycles. The highest BCUT2D eigenvalue weighted by atomic mass is 32.1. The van der Waals surface area contributed by atoms with Crippen molar-refractivity contribution in [3.8, 4) is 11.3 Å². The molecule has 0 bridgehead atoms. The van der Waals surface area contributed by atoms with Gasteiger partial charge in [0.15, 0.2) is 17.3 Å². The molecule has 3 atom stereocenters. The summed E-state index contributed by atoms with van der Waals surface area (Å²) >= 11 is 1.20. The molecule has 4 rings (SSSR count). The van der Waals surface area contributed by atoms with Gasteiger partial charge >= 0.3 is 5.97 Å². The van der Waals surface area contributed by atoms with Crippen LogP contribution in [0.5, 0.6) is 0 Å². The Kier molecular flexibility index (Phi) is 6.98. The van der Waals surface area contributed by atoms with Crippen molar-refractivity contribution in [3.63, 3.8) is 0 Å². The SMILES string of the molecule is CCOC(=O)[C@H]1O[C@@H]1C(=O)N[C@@H](Cc1cncn1C)C(=O)Nc1nc(-c2ccc(F)cc2)cs1. The molecule has 12 heteroatoms. The topological polar surface area (TPSA) is 128 Å². The molecule has 0 saturated carbocycles. The number of anilines is 1. The average molecular weight is 488 g/mol. The van der Waals surface area contributed by atoms with E-state index in [9.17, 15) is 18.8 Å². The van der Waals surface area contributed by atoms with E-state index in [1.807, 2.05) is 0 Å². The first-order valence-electron chi connectivity index (χ1n) is 10.5. The third kappa shape index (κ3) is 5.46. The fraction of sp³-hybridized carbons (Fsp3) is 0.318. The van der Waals surface area contributed by atoms with Gasteiger partial charge in [-0.15, -0.1) is 11.3 Å². The van der Waals surface area contributed by atoms with E-state index in [4.69, 9.17) is 9.47 Å². The molecule has 2 amide bonds. The minimum atomic E-state index is -1.01. The number of thiazole rings is 1. The van der Waals surface area contributed by atoms with Crippen molar-refractivity contribution in [2.24, 2.45) is 7.05 Å². The molecule has 0 radical (unpaired) electrons. The van der Waals surface area contributed by atoms with Crippen LogP contribution in [0.3, 0.4) is 0 Å². The molecule has 1 aromatic carbocycles. The number of halogens is 1. The van der Waals surface area contributed by atoms with Crippen molar-refractivity contribution >= 4 is 34.3 Å². The molecular weight excluding hydrogens is 465 g/mol. The maximum atomic E-state index is 13.2. The molecule has 1 fully saturated rings. The summed E-state index contributed by atoms with van der Waals surface area (Å²) in [5.74, 6) is -2.06. The summed E-state index contributed by atoms with van der Waals surface area (Å²) in [7, 11) is 1.77. The molecule has 3 heterocycles. The van der Waals surface area contributed by atoms with Crippen molar-refractivity contribution < 1.29 is 28.2 Å².